The van der Waals surface area contributed by atoms with Crippen molar-refractivity contribution in [1.82, 2.24) is 0 Å². The lowest BCUT2D eigenvalue weighted by Gasteiger charge is -2.18. The largest absolute Gasteiger partial charge is 0.487 e. The minimum atomic E-state index is 0.542. The zero-order valence-electron chi connectivity index (χ0n) is 12.3. The Morgan fingerprint density at radius 2 is 1.71 bits per heavy atom. The molecule has 0 amide bonds. The van der Waals surface area contributed by atoms with Gasteiger partial charge in [-0.2, -0.15) is 0 Å². The fraction of sp³-hybridized carbons (Fsp3) is 0.263. The van der Waals surface area contributed by atoms with E-state index in [-0.39, 0.29) is 0 Å². The lowest BCUT2D eigenvalue weighted by molar-refractivity contribution is 0.307. The van der Waals surface area contributed by atoms with E-state index in [1.54, 1.807) is 0 Å². The van der Waals surface area contributed by atoms with Crippen molar-refractivity contribution in [2.45, 2.75) is 32.3 Å². The molecule has 108 valence electrons. The maximum atomic E-state index is 6.12. The molecule has 0 bridgehead atoms. The minimum Gasteiger partial charge on any atom is -0.487 e. The van der Waals surface area contributed by atoms with E-state index in [9.17, 15) is 0 Å². The second-order valence-electron chi connectivity index (χ2n) is 5.60. The van der Waals surface area contributed by atoms with E-state index in [2.05, 4.69) is 30.8 Å². The number of hydrogen-bond acceptors (Lipinski definition) is 2. The van der Waals surface area contributed by atoms with Gasteiger partial charge in [0, 0.05) is 0 Å². The summed E-state index contributed by atoms with van der Waals surface area (Å²) in [4.78, 5) is 0. The molecule has 0 aromatic heterocycles. The number of fused-ring (bicyclic) bond motifs is 1. The summed E-state index contributed by atoms with van der Waals surface area (Å²) in [5, 5.41) is 0. The molecule has 0 saturated carbocycles. The molecule has 0 heterocycles. The zero-order chi connectivity index (χ0) is 14.7. The van der Waals surface area contributed by atoms with Gasteiger partial charge in [0.25, 0.3) is 0 Å². The van der Waals surface area contributed by atoms with E-state index in [1.165, 1.54) is 24.0 Å². The first kappa shape index (κ1) is 13.7. The lowest BCUT2D eigenvalue weighted by Crippen LogP contribution is -2.06. The van der Waals surface area contributed by atoms with E-state index in [0.717, 1.165) is 35.4 Å². The first-order valence-electron chi connectivity index (χ1n) is 7.52. The van der Waals surface area contributed by atoms with E-state index >= 15 is 0 Å². The Labute approximate surface area is 126 Å². The standard InChI is InChI=1S/C19H21NO/c1-2-14-7-9-15(10-8-14)13-21-19-12-17-6-4-3-5-16(17)11-18(19)20/h2,7-12H,1,3-6,13,20H2. The van der Waals surface area contributed by atoms with Crippen LogP contribution in [-0.4, -0.2) is 0 Å². The van der Waals surface area contributed by atoms with Gasteiger partial charge in [-0.15, -0.1) is 0 Å². The normalized spacial score (nSPS) is 13.5. The van der Waals surface area contributed by atoms with Crippen molar-refractivity contribution in [3.63, 3.8) is 0 Å². The van der Waals surface area contributed by atoms with Crippen LogP contribution in [0.4, 0.5) is 5.69 Å². The molecule has 0 unspecified atom stereocenters. The number of nitrogens with two attached hydrogens (primary N) is 1. The van der Waals surface area contributed by atoms with Crippen molar-refractivity contribution in [2.75, 3.05) is 5.73 Å². The fourth-order valence-corrected chi connectivity index (χ4v) is 2.82. The third kappa shape index (κ3) is 3.10. The van der Waals surface area contributed by atoms with Gasteiger partial charge in [-0.3, -0.25) is 0 Å². The Balaban J connectivity index is 1.73. The maximum absolute atomic E-state index is 6.12. The Kier molecular flexibility index (Phi) is 3.96. The Morgan fingerprint density at radius 3 is 2.38 bits per heavy atom. The predicted molar refractivity (Wildman–Crippen MR) is 88.4 cm³/mol. The number of rotatable bonds is 4. The number of hydrogen-bond donors (Lipinski definition) is 1. The summed E-state index contributed by atoms with van der Waals surface area (Å²) in [6.45, 7) is 4.30. The van der Waals surface area contributed by atoms with Crippen molar-refractivity contribution in [3.05, 3.63) is 65.2 Å². The highest BCUT2D eigenvalue weighted by Gasteiger charge is 2.13. The minimum absolute atomic E-state index is 0.542. The highest BCUT2D eigenvalue weighted by molar-refractivity contribution is 5.57. The summed E-state index contributed by atoms with van der Waals surface area (Å²) < 4.78 is 5.91. The molecule has 0 radical (unpaired) electrons. The molecule has 0 atom stereocenters. The van der Waals surface area contributed by atoms with Crippen LogP contribution in [0.1, 0.15) is 35.1 Å². The first-order chi connectivity index (χ1) is 10.3. The van der Waals surface area contributed by atoms with Crippen LogP contribution in [0, 0.1) is 0 Å². The van der Waals surface area contributed by atoms with Crippen molar-refractivity contribution in [2.24, 2.45) is 0 Å². The molecule has 2 N–H and O–H groups in total. The van der Waals surface area contributed by atoms with E-state index in [1.807, 2.05) is 18.2 Å². The monoisotopic (exact) mass is 279 g/mol. The summed E-state index contributed by atoms with van der Waals surface area (Å²) in [7, 11) is 0. The topological polar surface area (TPSA) is 35.2 Å². The van der Waals surface area contributed by atoms with Crippen LogP contribution >= 0.6 is 0 Å². The van der Waals surface area contributed by atoms with Gasteiger partial charge in [-0.1, -0.05) is 36.9 Å². The second-order valence-corrected chi connectivity index (χ2v) is 5.60. The number of nitrogen functional groups attached to an aromatic ring is 1. The first-order valence-corrected chi connectivity index (χ1v) is 7.52. The molecule has 2 aromatic carbocycles. The summed E-state index contributed by atoms with van der Waals surface area (Å²) in [6, 6.07) is 12.4. The Morgan fingerprint density at radius 1 is 1.05 bits per heavy atom. The molecule has 0 aliphatic heterocycles. The Bertz CT molecular complexity index is 643. The zero-order valence-corrected chi connectivity index (χ0v) is 12.3. The quantitative estimate of drug-likeness (QED) is 0.843. The molecule has 0 saturated heterocycles. The van der Waals surface area contributed by atoms with Gasteiger partial charge < -0.3 is 10.5 Å². The van der Waals surface area contributed by atoms with Gasteiger partial charge in [-0.05, 0) is 60.1 Å². The summed E-state index contributed by atoms with van der Waals surface area (Å²) in [5.41, 5.74) is 11.9. The van der Waals surface area contributed by atoms with Crippen LogP contribution in [0.2, 0.25) is 0 Å². The van der Waals surface area contributed by atoms with E-state index in [0.29, 0.717) is 6.61 Å². The maximum Gasteiger partial charge on any atom is 0.142 e. The summed E-state index contributed by atoms with van der Waals surface area (Å²) in [6.07, 6.45) is 6.65. The summed E-state index contributed by atoms with van der Waals surface area (Å²) in [5.74, 6) is 0.809. The van der Waals surface area contributed by atoms with Crippen molar-refractivity contribution in [1.29, 1.82) is 0 Å². The van der Waals surface area contributed by atoms with Gasteiger partial charge in [0.15, 0.2) is 0 Å². The number of benzene rings is 2. The lowest BCUT2D eigenvalue weighted by atomic mass is 9.91. The van der Waals surface area contributed by atoms with Gasteiger partial charge >= 0.3 is 0 Å². The molecule has 0 fully saturated rings. The number of aryl methyl sites for hydroxylation is 2. The molecule has 21 heavy (non-hydrogen) atoms. The van der Waals surface area contributed by atoms with E-state index in [4.69, 9.17) is 10.5 Å². The van der Waals surface area contributed by atoms with Gasteiger partial charge in [0.2, 0.25) is 0 Å². The molecule has 1 aliphatic rings. The van der Waals surface area contributed by atoms with Crippen LogP contribution < -0.4 is 10.5 Å². The third-order valence-electron chi connectivity index (χ3n) is 4.08. The van der Waals surface area contributed by atoms with Crippen LogP contribution in [0.5, 0.6) is 5.75 Å². The van der Waals surface area contributed by atoms with Crippen LogP contribution in [0.15, 0.2) is 43.0 Å². The Hall–Kier alpha value is -2.22. The molecule has 2 aromatic rings. The van der Waals surface area contributed by atoms with Crippen molar-refractivity contribution < 1.29 is 4.74 Å². The second kappa shape index (κ2) is 6.04. The number of anilines is 1. The van der Waals surface area contributed by atoms with Crippen LogP contribution in [0.3, 0.4) is 0 Å². The molecule has 3 rings (SSSR count). The predicted octanol–water partition coefficient (Wildman–Crippen LogP) is 4.37. The van der Waals surface area contributed by atoms with Crippen LogP contribution in [-0.2, 0) is 19.4 Å². The highest BCUT2D eigenvalue weighted by atomic mass is 16.5. The highest BCUT2D eigenvalue weighted by Crippen LogP contribution is 2.31. The van der Waals surface area contributed by atoms with Gasteiger partial charge in [-0.25, -0.2) is 0 Å². The SMILES string of the molecule is C=Cc1ccc(COc2cc3c(cc2N)CCCC3)cc1. The molecule has 2 nitrogen and oxygen atoms in total. The molecular formula is C19H21NO. The molecular weight excluding hydrogens is 258 g/mol. The van der Waals surface area contributed by atoms with Gasteiger partial charge in [0.05, 0.1) is 5.69 Å². The molecule has 1 aliphatic carbocycles. The smallest absolute Gasteiger partial charge is 0.142 e. The third-order valence-corrected chi connectivity index (χ3v) is 4.08. The number of ether oxygens (including phenoxy) is 1. The average Bonchev–Trinajstić information content (AvgIpc) is 2.53. The van der Waals surface area contributed by atoms with Crippen molar-refractivity contribution in [3.8, 4) is 5.75 Å². The molecule has 0 spiro atoms. The van der Waals surface area contributed by atoms with Crippen molar-refractivity contribution >= 4 is 11.8 Å². The van der Waals surface area contributed by atoms with Crippen LogP contribution in [0.25, 0.3) is 6.08 Å². The van der Waals surface area contributed by atoms with Gasteiger partial charge in [0.1, 0.15) is 12.4 Å². The average molecular weight is 279 g/mol. The molecule has 2 heteroatoms. The fourth-order valence-electron chi connectivity index (χ4n) is 2.82. The summed E-state index contributed by atoms with van der Waals surface area (Å²) >= 11 is 0. The van der Waals surface area contributed by atoms with E-state index < -0.39 is 0 Å².